The van der Waals surface area contributed by atoms with Gasteiger partial charge in [-0.25, -0.2) is 9.37 Å². The monoisotopic (exact) mass is 445 g/mol. The summed E-state index contributed by atoms with van der Waals surface area (Å²) in [5.74, 6) is 0.103. The minimum Gasteiger partial charge on any atom is -0.484 e. The lowest BCUT2D eigenvalue weighted by Gasteiger charge is -2.34. The molecule has 1 amide bonds. The van der Waals surface area contributed by atoms with Gasteiger partial charge in [0.2, 0.25) is 0 Å². The molecule has 0 saturated carbocycles. The van der Waals surface area contributed by atoms with Crippen LogP contribution in [0.2, 0.25) is 5.02 Å². The number of ether oxygens (including phenoxy) is 1. The van der Waals surface area contributed by atoms with E-state index in [2.05, 4.69) is 10.3 Å². The van der Waals surface area contributed by atoms with E-state index in [4.69, 9.17) is 21.3 Å². The van der Waals surface area contributed by atoms with Gasteiger partial charge in [0.15, 0.2) is 6.61 Å². The molecule has 0 atom stereocenters. The minimum atomic E-state index is -0.329. The number of hydrogen-bond donors (Lipinski definition) is 0. The Morgan fingerprint density at radius 3 is 2.47 bits per heavy atom. The highest BCUT2D eigenvalue weighted by Gasteiger charge is 2.22. The molecule has 1 aliphatic rings. The van der Waals surface area contributed by atoms with Crippen molar-refractivity contribution >= 4 is 28.8 Å². The van der Waals surface area contributed by atoms with Gasteiger partial charge in [0, 0.05) is 48.7 Å². The van der Waals surface area contributed by atoms with Gasteiger partial charge in [-0.15, -0.1) is 11.3 Å². The van der Waals surface area contributed by atoms with E-state index in [1.807, 2.05) is 24.3 Å². The maximum absolute atomic E-state index is 12.9. The molecule has 1 aliphatic heterocycles. The summed E-state index contributed by atoms with van der Waals surface area (Å²) in [5.41, 5.74) is 2.09. The predicted molar refractivity (Wildman–Crippen MR) is 116 cm³/mol. The molecule has 2 aromatic carbocycles. The van der Waals surface area contributed by atoms with E-state index in [-0.39, 0.29) is 18.3 Å². The van der Waals surface area contributed by atoms with Crippen LogP contribution in [-0.2, 0) is 11.3 Å². The van der Waals surface area contributed by atoms with Crippen molar-refractivity contribution in [2.75, 3.05) is 32.8 Å². The van der Waals surface area contributed by atoms with Gasteiger partial charge in [-0.3, -0.25) is 9.69 Å². The third kappa shape index (κ3) is 5.36. The highest BCUT2D eigenvalue weighted by molar-refractivity contribution is 7.13. The van der Waals surface area contributed by atoms with E-state index in [1.54, 1.807) is 16.2 Å². The molecule has 0 unspecified atom stereocenters. The maximum Gasteiger partial charge on any atom is 0.260 e. The number of halogens is 2. The number of amides is 1. The van der Waals surface area contributed by atoms with E-state index in [1.165, 1.54) is 24.3 Å². The van der Waals surface area contributed by atoms with Crippen LogP contribution in [0.5, 0.6) is 5.75 Å². The summed E-state index contributed by atoms with van der Waals surface area (Å²) in [6.45, 7) is 3.60. The van der Waals surface area contributed by atoms with Crippen molar-refractivity contribution in [1.82, 2.24) is 14.8 Å². The van der Waals surface area contributed by atoms with E-state index in [9.17, 15) is 9.18 Å². The molecule has 1 fully saturated rings. The van der Waals surface area contributed by atoms with Crippen molar-refractivity contribution in [1.29, 1.82) is 0 Å². The number of aromatic nitrogens is 1. The third-order valence-corrected chi connectivity index (χ3v) is 6.12. The number of thiazole rings is 1. The van der Waals surface area contributed by atoms with Crippen molar-refractivity contribution in [3.05, 3.63) is 70.4 Å². The summed E-state index contributed by atoms with van der Waals surface area (Å²) in [4.78, 5) is 21.2. The van der Waals surface area contributed by atoms with Gasteiger partial charge >= 0.3 is 0 Å². The lowest BCUT2D eigenvalue weighted by atomic mass is 10.2. The second-order valence-corrected chi connectivity index (χ2v) is 8.34. The molecular formula is C22H21ClFN3O2S. The Morgan fingerprint density at radius 1 is 1.07 bits per heavy atom. The molecule has 0 radical (unpaired) electrons. The summed E-state index contributed by atoms with van der Waals surface area (Å²) >= 11 is 7.57. The Balaban J connectivity index is 1.24. The smallest absolute Gasteiger partial charge is 0.260 e. The zero-order chi connectivity index (χ0) is 20.9. The minimum absolute atomic E-state index is 0.0395. The van der Waals surface area contributed by atoms with Crippen LogP contribution in [0.1, 0.15) is 5.69 Å². The summed E-state index contributed by atoms with van der Waals surface area (Å²) in [7, 11) is 0. The zero-order valence-corrected chi connectivity index (χ0v) is 17.8. The summed E-state index contributed by atoms with van der Waals surface area (Å²) in [5, 5.41) is 3.78. The van der Waals surface area contributed by atoms with Crippen LogP contribution in [0.3, 0.4) is 0 Å². The van der Waals surface area contributed by atoms with Gasteiger partial charge in [0.1, 0.15) is 16.6 Å². The molecule has 3 aromatic rings. The van der Waals surface area contributed by atoms with Crippen LogP contribution in [0.15, 0.2) is 53.9 Å². The van der Waals surface area contributed by atoms with Gasteiger partial charge in [-0.2, -0.15) is 0 Å². The first-order valence-corrected chi connectivity index (χ1v) is 10.9. The number of carbonyl (C=O) groups excluding carboxylic acids is 1. The average Bonchev–Trinajstić information content (AvgIpc) is 3.22. The van der Waals surface area contributed by atoms with Crippen LogP contribution >= 0.6 is 22.9 Å². The molecule has 0 bridgehead atoms. The number of nitrogens with zero attached hydrogens (tertiary/aromatic N) is 3. The molecule has 1 saturated heterocycles. The lowest BCUT2D eigenvalue weighted by molar-refractivity contribution is -0.135. The Bertz CT molecular complexity index is 986. The highest BCUT2D eigenvalue weighted by atomic mass is 35.5. The first-order chi connectivity index (χ1) is 14.6. The lowest BCUT2D eigenvalue weighted by Crippen LogP contribution is -2.49. The third-order valence-electron chi connectivity index (χ3n) is 4.93. The van der Waals surface area contributed by atoms with Gasteiger partial charge in [0.25, 0.3) is 5.91 Å². The molecule has 156 valence electrons. The largest absolute Gasteiger partial charge is 0.484 e. The van der Waals surface area contributed by atoms with Crippen LogP contribution in [-0.4, -0.2) is 53.5 Å². The molecule has 0 spiro atoms. The Labute approximate surface area is 183 Å². The SMILES string of the molecule is O=C(COc1ccc(F)cc1)N1CCN(Cc2csc(-c3ccc(Cl)cc3)n2)CC1. The van der Waals surface area contributed by atoms with Crippen LogP contribution < -0.4 is 4.74 Å². The van der Waals surface area contributed by atoms with Crippen molar-refractivity contribution in [2.45, 2.75) is 6.54 Å². The zero-order valence-electron chi connectivity index (χ0n) is 16.3. The van der Waals surface area contributed by atoms with Crippen molar-refractivity contribution in [2.24, 2.45) is 0 Å². The Kier molecular flexibility index (Phi) is 6.62. The molecule has 1 aromatic heterocycles. The van der Waals surface area contributed by atoms with Gasteiger partial charge < -0.3 is 9.64 Å². The van der Waals surface area contributed by atoms with Crippen LogP contribution in [0.4, 0.5) is 4.39 Å². The second kappa shape index (κ2) is 9.55. The van der Waals surface area contributed by atoms with Gasteiger partial charge in [-0.1, -0.05) is 23.7 Å². The fraction of sp³-hybridized carbons (Fsp3) is 0.273. The van der Waals surface area contributed by atoms with E-state index in [0.717, 1.165) is 35.9 Å². The standard InChI is InChI=1S/C22H21ClFN3O2S/c23-17-3-1-16(2-4-17)22-25-19(15-30-22)13-26-9-11-27(12-10-26)21(28)14-29-20-7-5-18(24)6-8-20/h1-8,15H,9-14H2. The van der Waals surface area contributed by atoms with Crippen molar-refractivity contribution in [3.8, 4) is 16.3 Å². The molecule has 4 rings (SSSR count). The van der Waals surface area contributed by atoms with Crippen molar-refractivity contribution < 1.29 is 13.9 Å². The molecular weight excluding hydrogens is 425 g/mol. The topological polar surface area (TPSA) is 45.7 Å². The number of hydrogen-bond acceptors (Lipinski definition) is 5. The normalized spacial score (nSPS) is 14.7. The molecule has 8 heteroatoms. The number of benzene rings is 2. The van der Waals surface area contributed by atoms with Crippen LogP contribution in [0.25, 0.3) is 10.6 Å². The fourth-order valence-electron chi connectivity index (χ4n) is 3.26. The molecule has 0 N–H and O–H groups in total. The number of carbonyl (C=O) groups is 1. The summed E-state index contributed by atoms with van der Waals surface area (Å²) in [6.07, 6.45) is 0. The summed E-state index contributed by atoms with van der Waals surface area (Å²) in [6, 6.07) is 13.4. The Hall–Kier alpha value is -2.48. The maximum atomic E-state index is 12.9. The fourth-order valence-corrected chi connectivity index (χ4v) is 4.20. The van der Waals surface area contributed by atoms with E-state index in [0.29, 0.717) is 23.9 Å². The predicted octanol–water partition coefficient (Wildman–Crippen LogP) is 4.33. The molecule has 5 nitrogen and oxygen atoms in total. The van der Waals surface area contributed by atoms with Gasteiger partial charge in [0.05, 0.1) is 5.69 Å². The first-order valence-electron chi connectivity index (χ1n) is 9.66. The van der Waals surface area contributed by atoms with E-state index < -0.39 is 0 Å². The highest BCUT2D eigenvalue weighted by Crippen LogP contribution is 2.25. The first kappa shape index (κ1) is 20.8. The average molecular weight is 446 g/mol. The molecule has 0 aliphatic carbocycles. The summed E-state index contributed by atoms with van der Waals surface area (Å²) < 4.78 is 18.4. The van der Waals surface area contributed by atoms with Crippen LogP contribution in [0, 0.1) is 5.82 Å². The second-order valence-electron chi connectivity index (χ2n) is 7.05. The van der Waals surface area contributed by atoms with Gasteiger partial charge in [-0.05, 0) is 36.4 Å². The quantitative estimate of drug-likeness (QED) is 0.566. The number of piperazine rings is 1. The Morgan fingerprint density at radius 2 is 1.77 bits per heavy atom. The number of rotatable bonds is 6. The van der Waals surface area contributed by atoms with E-state index >= 15 is 0 Å². The molecule has 30 heavy (non-hydrogen) atoms. The van der Waals surface area contributed by atoms with Crippen molar-refractivity contribution in [3.63, 3.8) is 0 Å². The molecule has 2 heterocycles.